The molecule has 2 unspecified atom stereocenters. The van der Waals surface area contributed by atoms with E-state index in [9.17, 15) is 0 Å². The minimum atomic E-state index is -0.0306. The zero-order chi connectivity index (χ0) is 13.5. The van der Waals surface area contributed by atoms with Crippen LogP contribution < -0.4 is 9.47 Å². The molecule has 0 bridgehead atoms. The van der Waals surface area contributed by atoms with Crippen molar-refractivity contribution in [3.63, 3.8) is 0 Å². The number of rotatable bonds is 4. The van der Waals surface area contributed by atoms with Gasteiger partial charge in [0.2, 0.25) is 0 Å². The number of methoxy groups -OCH3 is 2. The van der Waals surface area contributed by atoms with Gasteiger partial charge >= 0.3 is 0 Å². The molecule has 1 aliphatic carbocycles. The highest BCUT2D eigenvalue weighted by Crippen LogP contribution is 2.61. The van der Waals surface area contributed by atoms with Gasteiger partial charge in [-0.2, -0.15) is 0 Å². The molecule has 1 aromatic carbocycles. The predicted octanol–water partition coefficient (Wildman–Crippen LogP) is 4.79. The second-order valence-electron chi connectivity index (χ2n) is 5.43. The Bertz CT molecular complexity index is 459. The van der Waals surface area contributed by atoms with Gasteiger partial charge < -0.3 is 9.47 Å². The number of ether oxygens (including phenoxy) is 2. The first-order valence-corrected chi connectivity index (χ1v) is 7.19. The smallest absolute Gasteiger partial charge is 0.133 e. The summed E-state index contributed by atoms with van der Waals surface area (Å²) < 4.78 is 11.6. The molecule has 0 saturated heterocycles. The molecule has 0 spiro atoms. The van der Waals surface area contributed by atoms with Crippen LogP contribution in [0.25, 0.3) is 0 Å². The third kappa shape index (κ3) is 2.48. The summed E-state index contributed by atoms with van der Waals surface area (Å²) in [6.07, 6.45) is 1.16. The largest absolute Gasteiger partial charge is 0.496 e. The van der Waals surface area contributed by atoms with Gasteiger partial charge in [0.1, 0.15) is 11.5 Å². The molecule has 1 aliphatic rings. The van der Waals surface area contributed by atoms with E-state index in [1.54, 1.807) is 14.2 Å². The van der Waals surface area contributed by atoms with Gasteiger partial charge in [-0.1, -0.05) is 13.8 Å². The molecule has 0 amide bonds. The summed E-state index contributed by atoms with van der Waals surface area (Å²) in [5.74, 6) is 2.10. The second-order valence-corrected chi connectivity index (χ2v) is 6.75. The second kappa shape index (κ2) is 4.93. The Hall–Kier alpha value is -0.410. The van der Waals surface area contributed by atoms with E-state index in [0.717, 1.165) is 28.0 Å². The molecule has 0 aromatic heterocycles. The number of benzene rings is 1. The lowest BCUT2D eigenvalue weighted by Crippen LogP contribution is -2.02. The van der Waals surface area contributed by atoms with Crippen LogP contribution in [-0.2, 0) is 0 Å². The predicted molar refractivity (Wildman–Crippen MR) is 77.7 cm³/mol. The van der Waals surface area contributed by atoms with Crippen molar-refractivity contribution < 1.29 is 9.47 Å². The van der Waals surface area contributed by atoms with Crippen molar-refractivity contribution in [1.29, 1.82) is 0 Å². The lowest BCUT2D eigenvalue weighted by Gasteiger charge is -2.17. The van der Waals surface area contributed by atoms with Gasteiger partial charge in [0.05, 0.1) is 24.1 Å². The van der Waals surface area contributed by atoms with E-state index >= 15 is 0 Å². The number of hydrogen-bond donors (Lipinski definition) is 0. The minimum Gasteiger partial charge on any atom is -0.496 e. The van der Waals surface area contributed by atoms with Crippen LogP contribution in [0.4, 0.5) is 0 Å². The highest BCUT2D eigenvalue weighted by atomic mass is 79.9. The molecule has 0 heterocycles. The highest BCUT2D eigenvalue weighted by Gasteiger charge is 2.50. The van der Waals surface area contributed by atoms with Crippen LogP contribution >= 0.6 is 27.5 Å². The Morgan fingerprint density at radius 1 is 1.28 bits per heavy atom. The summed E-state index contributed by atoms with van der Waals surface area (Å²) in [6.45, 7) is 4.49. The molecule has 1 fully saturated rings. The van der Waals surface area contributed by atoms with Crippen molar-refractivity contribution in [2.75, 3.05) is 14.2 Å². The maximum atomic E-state index is 6.60. The molecule has 2 nitrogen and oxygen atoms in total. The average molecular weight is 334 g/mol. The van der Waals surface area contributed by atoms with Crippen molar-refractivity contribution in [3.8, 4) is 11.5 Å². The van der Waals surface area contributed by atoms with Crippen molar-refractivity contribution in [2.24, 2.45) is 11.3 Å². The first-order valence-electron chi connectivity index (χ1n) is 5.96. The van der Waals surface area contributed by atoms with Gasteiger partial charge in [0, 0.05) is 5.56 Å². The van der Waals surface area contributed by atoms with Gasteiger partial charge in [-0.15, -0.1) is 11.6 Å². The van der Waals surface area contributed by atoms with Gasteiger partial charge in [-0.05, 0) is 45.8 Å². The summed E-state index contributed by atoms with van der Waals surface area (Å²) in [4.78, 5) is 0. The molecule has 2 atom stereocenters. The van der Waals surface area contributed by atoms with Crippen LogP contribution in [0.3, 0.4) is 0 Å². The summed E-state index contributed by atoms with van der Waals surface area (Å²) in [5.41, 5.74) is 1.34. The summed E-state index contributed by atoms with van der Waals surface area (Å²) in [7, 11) is 3.32. The fraction of sp³-hybridized carbons (Fsp3) is 0.571. The Morgan fingerprint density at radius 3 is 2.28 bits per heavy atom. The van der Waals surface area contributed by atoms with Crippen molar-refractivity contribution in [1.82, 2.24) is 0 Å². The molecule has 100 valence electrons. The molecule has 0 radical (unpaired) electrons. The van der Waals surface area contributed by atoms with Crippen LogP contribution in [0.5, 0.6) is 11.5 Å². The van der Waals surface area contributed by atoms with E-state index in [4.69, 9.17) is 21.1 Å². The topological polar surface area (TPSA) is 18.5 Å². The van der Waals surface area contributed by atoms with Crippen LogP contribution in [0, 0.1) is 11.3 Å². The summed E-state index contributed by atoms with van der Waals surface area (Å²) in [5, 5.41) is -0.0306. The van der Waals surface area contributed by atoms with Gasteiger partial charge in [0.15, 0.2) is 0 Å². The molecule has 18 heavy (non-hydrogen) atoms. The zero-order valence-corrected chi connectivity index (χ0v) is 13.4. The lowest BCUT2D eigenvalue weighted by molar-refractivity contribution is 0.393. The average Bonchev–Trinajstić information content (AvgIpc) is 2.97. The minimum absolute atomic E-state index is 0.0306. The van der Waals surface area contributed by atoms with Crippen LogP contribution in [0.2, 0.25) is 0 Å². The summed E-state index contributed by atoms with van der Waals surface area (Å²) >= 11 is 10.1. The third-order valence-corrected chi connectivity index (χ3v) is 4.90. The van der Waals surface area contributed by atoms with E-state index < -0.39 is 0 Å². The SMILES string of the molecule is COc1cc(C(Cl)C2CC2(C)C)c(OC)cc1Br. The zero-order valence-electron chi connectivity index (χ0n) is 11.1. The molecule has 0 aliphatic heterocycles. The number of hydrogen-bond acceptors (Lipinski definition) is 2. The normalized spacial score (nSPS) is 22.4. The molecule has 1 saturated carbocycles. The molecular formula is C14H18BrClO2. The van der Waals surface area contributed by atoms with Gasteiger partial charge in [-0.3, -0.25) is 0 Å². The van der Waals surface area contributed by atoms with Crippen molar-refractivity contribution >= 4 is 27.5 Å². The van der Waals surface area contributed by atoms with Crippen molar-refractivity contribution in [3.05, 3.63) is 22.2 Å². The maximum Gasteiger partial charge on any atom is 0.133 e. The van der Waals surface area contributed by atoms with E-state index in [-0.39, 0.29) is 5.38 Å². The van der Waals surface area contributed by atoms with Crippen LogP contribution in [0.15, 0.2) is 16.6 Å². The molecule has 1 aromatic rings. The van der Waals surface area contributed by atoms with E-state index in [0.29, 0.717) is 11.3 Å². The maximum absolute atomic E-state index is 6.60. The fourth-order valence-electron chi connectivity index (χ4n) is 2.32. The van der Waals surface area contributed by atoms with Gasteiger partial charge in [-0.25, -0.2) is 0 Å². The Balaban J connectivity index is 2.36. The molecule has 0 N–H and O–H groups in total. The number of halogens is 2. The van der Waals surface area contributed by atoms with E-state index in [2.05, 4.69) is 29.8 Å². The molecule has 2 rings (SSSR count). The third-order valence-electron chi connectivity index (χ3n) is 3.74. The Labute approximate surface area is 122 Å². The Morgan fingerprint density at radius 2 is 1.83 bits per heavy atom. The first-order chi connectivity index (χ1) is 8.40. The quantitative estimate of drug-likeness (QED) is 0.737. The highest BCUT2D eigenvalue weighted by molar-refractivity contribution is 9.10. The number of alkyl halides is 1. The monoisotopic (exact) mass is 332 g/mol. The van der Waals surface area contributed by atoms with E-state index in [1.807, 2.05) is 12.1 Å². The molecule has 4 heteroatoms. The fourth-order valence-corrected chi connectivity index (χ4v) is 3.41. The first kappa shape index (κ1) is 14.0. The lowest BCUT2D eigenvalue weighted by atomic mass is 10.0. The standard InChI is InChI=1S/C14H18BrClO2/c1-14(2)7-9(14)13(16)8-5-12(18-4)10(15)6-11(8)17-3/h5-6,9,13H,7H2,1-4H3. The van der Waals surface area contributed by atoms with Gasteiger partial charge in [0.25, 0.3) is 0 Å². The summed E-state index contributed by atoms with van der Waals surface area (Å²) in [6, 6.07) is 3.88. The van der Waals surface area contributed by atoms with Crippen molar-refractivity contribution in [2.45, 2.75) is 25.6 Å². The van der Waals surface area contributed by atoms with E-state index in [1.165, 1.54) is 0 Å². The van der Waals surface area contributed by atoms with Crippen LogP contribution in [-0.4, -0.2) is 14.2 Å². The molecular weight excluding hydrogens is 316 g/mol. The van der Waals surface area contributed by atoms with Crippen LogP contribution in [0.1, 0.15) is 31.2 Å². The Kier molecular flexibility index (Phi) is 3.84.